The second-order valence-electron chi connectivity index (χ2n) is 5.36. The lowest BCUT2D eigenvalue weighted by Gasteiger charge is -2.11. The molecule has 0 radical (unpaired) electrons. The summed E-state index contributed by atoms with van der Waals surface area (Å²) in [4.78, 5) is 16.4. The van der Waals surface area contributed by atoms with Crippen molar-refractivity contribution in [3.8, 4) is 10.6 Å². The first-order chi connectivity index (χ1) is 10.4. The molecule has 2 heterocycles. The smallest absolute Gasteiger partial charge is 0.262 e. The number of halogens is 3. The monoisotopic (exact) mass is 359 g/mol. The highest BCUT2D eigenvalue weighted by Gasteiger charge is 2.42. The fourth-order valence-corrected chi connectivity index (χ4v) is 3.14. The highest BCUT2D eigenvalue weighted by molar-refractivity contribution is 7.13. The number of amides is 1. The number of hydrogen-bond acceptors (Lipinski definition) is 4. The fraction of sp³-hybridized carbons (Fsp3) is 0.333. The molecule has 1 amide bonds. The Morgan fingerprint density at radius 3 is 2.87 bits per heavy atom. The van der Waals surface area contributed by atoms with Gasteiger partial charge in [-0.25, -0.2) is 13.8 Å². The molecule has 1 aromatic heterocycles. The SMILES string of the molecule is Cc1csc(-c2cccc(NC(=O)C3CC(F)(F)CN3)c2)n1.Cl. The van der Waals surface area contributed by atoms with Crippen molar-refractivity contribution in [2.75, 3.05) is 11.9 Å². The van der Waals surface area contributed by atoms with E-state index < -0.39 is 30.8 Å². The van der Waals surface area contributed by atoms with E-state index in [0.29, 0.717) is 5.69 Å². The van der Waals surface area contributed by atoms with Gasteiger partial charge in [0.05, 0.1) is 12.6 Å². The van der Waals surface area contributed by atoms with Crippen molar-refractivity contribution >= 4 is 35.3 Å². The summed E-state index contributed by atoms with van der Waals surface area (Å²) in [6, 6.07) is 6.37. The van der Waals surface area contributed by atoms with E-state index in [2.05, 4.69) is 15.6 Å². The number of nitrogens with one attached hydrogen (secondary N) is 2. The average molecular weight is 360 g/mol. The molecule has 4 nitrogen and oxygen atoms in total. The van der Waals surface area contributed by atoms with Crippen LogP contribution in [0.3, 0.4) is 0 Å². The molecule has 1 unspecified atom stereocenters. The normalized spacial score (nSPS) is 19.2. The minimum absolute atomic E-state index is 0. The molecule has 0 spiro atoms. The number of alkyl halides is 2. The number of aromatic nitrogens is 1. The molecule has 2 aromatic rings. The minimum atomic E-state index is -2.82. The molecule has 0 saturated carbocycles. The number of carbonyl (C=O) groups excluding carboxylic acids is 1. The van der Waals surface area contributed by atoms with E-state index in [1.165, 1.54) is 11.3 Å². The van der Waals surface area contributed by atoms with Gasteiger partial charge in [0.15, 0.2) is 0 Å². The molecule has 0 bridgehead atoms. The molecule has 1 aromatic carbocycles. The quantitative estimate of drug-likeness (QED) is 0.882. The summed E-state index contributed by atoms with van der Waals surface area (Å²) in [5, 5.41) is 8.03. The van der Waals surface area contributed by atoms with Crippen molar-refractivity contribution in [2.24, 2.45) is 0 Å². The van der Waals surface area contributed by atoms with Crippen LogP contribution in [0.5, 0.6) is 0 Å². The molecule has 0 aliphatic carbocycles. The predicted molar refractivity (Wildman–Crippen MR) is 89.5 cm³/mol. The maximum absolute atomic E-state index is 13.1. The molecule has 1 fully saturated rings. The molecule has 1 aliphatic rings. The zero-order valence-corrected chi connectivity index (χ0v) is 13.9. The Balaban J connectivity index is 0.00000192. The van der Waals surface area contributed by atoms with Gasteiger partial charge in [-0.15, -0.1) is 23.7 Å². The van der Waals surface area contributed by atoms with Crippen molar-refractivity contribution in [1.29, 1.82) is 0 Å². The van der Waals surface area contributed by atoms with Crippen LogP contribution in [0, 0.1) is 6.92 Å². The molecule has 124 valence electrons. The highest BCUT2D eigenvalue weighted by Crippen LogP contribution is 2.28. The van der Waals surface area contributed by atoms with Gasteiger partial charge in [-0.2, -0.15) is 0 Å². The molecule has 1 saturated heterocycles. The lowest BCUT2D eigenvalue weighted by molar-refractivity contribution is -0.118. The summed E-state index contributed by atoms with van der Waals surface area (Å²) in [6.07, 6.45) is -0.468. The number of benzene rings is 1. The van der Waals surface area contributed by atoms with Crippen molar-refractivity contribution in [3.05, 3.63) is 35.3 Å². The van der Waals surface area contributed by atoms with E-state index in [1.54, 1.807) is 18.2 Å². The molecule has 8 heteroatoms. The third kappa shape index (κ3) is 4.25. The van der Waals surface area contributed by atoms with E-state index in [9.17, 15) is 13.6 Å². The van der Waals surface area contributed by atoms with Crippen molar-refractivity contribution in [2.45, 2.75) is 25.3 Å². The molecule has 2 N–H and O–H groups in total. The van der Waals surface area contributed by atoms with E-state index >= 15 is 0 Å². The van der Waals surface area contributed by atoms with E-state index in [4.69, 9.17) is 0 Å². The van der Waals surface area contributed by atoms with Crippen LogP contribution in [-0.2, 0) is 4.79 Å². The van der Waals surface area contributed by atoms with Crippen LogP contribution in [0.25, 0.3) is 10.6 Å². The van der Waals surface area contributed by atoms with Gasteiger partial charge in [-0.05, 0) is 19.1 Å². The van der Waals surface area contributed by atoms with Crippen LogP contribution in [0.1, 0.15) is 12.1 Å². The molecular weight excluding hydrogens is 344 g/mol. The second-order valence-corrected chi connectivity index (χ2v) is 6.22. The van der Waals surface area contributed by atoms with Gasteiger partial charge in [0, 0.05) is 28.7 Å². The lowest BCUT2D eigenvalue weighted by Crippen LogP contribution is -2.35. The highest BCUT2D eigenvalue weighted by atomic mass is 35.5. The second kappa shape index (κ2) is 6.90. The maximum Gasteiger partial charge on any atom is 0.262 e. The van der Waals surface area contributed by atoms with Crippen LogP contribution in [0.2, 0.25) is 0 Å². The summed E-state index contributed by atoms with van der Waals surface area (Å²) in [5.74, 6) is -3.26. The zero-order valence-electron chi connectivity index (χ0n) is 12.3. The number of nitrogens with zero attached hydrogens (tertiary/aromatic N) is 1. The average Bonchev–Trinajstić information content (AvgIpc) is 3.05. The Kier molecular flexibility index (Phi) is 5.33. The molecule has 23 heavy (non-hydrogen) atoms. The zero-order chi connectivity index (χ0) is 15.7. The Hall–Kier alpha value is -1.57. The number of hydrogen-bond donors (Lipinski definition) is 2. The summed E-state index contributed by atoms with van der Waals surface area (Å²) >= 11 is 1.52. The number of carbonyl (C=O) groups is 1. The van der Waals surface area contributed by atoms with Gasteiger partial charge in [0.1, 0.15) is 5.01 Å². The standard InChI is InChI=1S/C15H15F2N3OS.ClH/c1-9-7-22-14(19-9)10-3-2-4-11(5-10)20-13(21)12-6-15(16,17)8-18-12;/h2-5,7,12,18H,6,8H2,1H3,(H,20,21);1H. The third-order valence-electron chi connectivity index (χ3n) is 3.42. The summed E-state index contributed by atoms with van der Waals surface area (Å²) < 4.78 is 26.3. The summed E-state index contributed by atoms with van der Waals surface area (Å²) in [6.45, 7) is 1.46. The van der Waals surface area contributed by atoms with Gasteiger partial charge in [-0.1, -0.05) is 12.1 Å². The van der Waals surface area contributed by atoms with Crippen LogP contribution < -0.4 is 10.6 Å². The first kappa shape index (κ1) is 17.8. The lowest BCUT2D eigenvalue weighted by atomic mass is 10.1. The van der Waals surface area contributed by atoms with Crippen molar-refractivity contribution in [1.82, 2.24) is 10.3 Å². The van der Waals surface area contributed by atoms with Gasteiger partial charge >= 0.3 is 0 Å². The fourth-order valence-electron chi connectivity index (χ4n) is 2.35. The first-order valence-electron chi connectivity index (χ1n) is 6.88. The molecule has 3 rings (SSSR count). The predicted octanol–water partition coefficient (Wildman–Crippen LogP) is 3.48. The van der Waals surface area contributed by atoms with Crippen LogP contribution in [-0.4, -0.2) is 29.4 Å². The van der Waals surface area contributed by atoms with Crippen molar-refractivity contribution < 1.29 is 13.6 Å². The van der Waals surface area contributed by atoms with Gasteiger partial charge in [0.2, 0.25) is 5.91 Å². The minimum Gasteiger partial charge on any atom is -0.325 e. The van der Waals surface area contributed by atoms with E-state index in [-0.39, 0.29) is 12.4 Å². The molecular formula is C15H16ClF2N3OS. The Morgan fingerprint density at radius 2 is 2.26 bits per heavy atom. The van der Waals surface area contributed by atoms with Crippen molar-refractivity contribution in [3.63, 3.8) is 0 Å². The first-order valence-corrected chi connectivity index (χ1v) is 7.76. The topological polar surface area (TPSA) is 54.0 Å². The van der Waals surface area contributed by atoms with Crippen LogP contribution in [0.15, 0.2) is 29.6 Å². The number of rotatable bonds is 3. The largest absolute Gasteiger partial charge is 0.325 e. The number of aryl methyl sites for hydroxylation is 1. The van der Waals surface area contributed by atoms with E-state index in [1.807, 2.05) is 18.4 Å². The Bertz CT molecular complexity index is 708. The summed E-state index contributed by atoms with van der Waals surface area (Å²) in [5.41, 5.74) is 2.40. The van der Waals surface area contributed by atoms with E-state index in [0.717, 1.165) is 16.3 Å². The summed E-state index contributed by atoms with van der Waals surface area (Å²) in [7, 11) is 0. The third-order valence-corrected chi connectivity index (χ3v) is 4.43. The van der Waals surface area contributed by atoms with Crippen LogP contribution in [0.4, 0.5) is 14.5 Å². The maximum atomic E-state index is 13.1. The van der Waals surface area contributed by atoms with Gasteiger partial charge in [-0.3, -0.25) is 10.1 Å². The number of anilines is 1. The molecule has 1 aliphatic heterocycles. The number of thiazole rings is 1. The van der Waals surface area contributed by atoms with Gasteiger partial charge < -0.3 is 5.32 Å². The Labute approximate surface area is 142 Å². The van der Waals surface area contributed by atoms with Crippen LogP contribution >= 0.6 is 23.7 Å². The van der Waals surface area contributed by atoms with Gasteiger partial charge in [0.25, 0.3) is 5.92 Å². The Morgan fingerprint density at radius 1 is 1.48 bits per heavy atom. The molecule has 1 atom stereocenters.